The number of carbonyl (C=O) groups excluding carboxylic acids is 3. The molecule has 3 saturated carbocycles. The second-order valence-corrected chi connectivity index (χ2v) is 9.77. The maximum atomic E-state index is 14.4. The minimum Gasteiger partial charge on any atom is -0.423 e. The number of fused-ring (bicyclic) bond motifs is 5. The van der Waals surface area contributed by atoms with Gasteiger partial charge in [0.15, 0.2) is 23.5 Å². The highest BCUT2D eigenvalue weighted by Crippen LogP contribution is 2.67. The van der Waals surface area contributed by atoms with E-state index in [1.807, 2.05) is 6.92 Å². The van der Waals surface area contributed by atoms with E-state index in [4.69, 9.17) is 4.74 Å². The molecule has 0 aromatic heterocycles. The number of rotatable bonds is 1. The fraction of sp³-hybridized carbons (Fsp3) is 0.696. The Kier molecular flexibility index (Phi) is 4.26. The van der Waals surface area contributed by atoms with Crippen molar-refractivity contribution < 1.29 is 23.5 Å². The molecule has 152 valence electrons. The second kappa shape index (κ2) is 6.11. The molecule has 0 N–H and O–H groups in total. The van der Waals surface area contributed by atoms with Gasteiger partial charge in [-0.2, -0.15) is 0 Å². The first-order valence-corrected chi connectivity index (χ1v) is 10.4. The Balaban J connectivity index is 1.84. The third kappa shape index (κ3) is 2.37. The van der Waals surface area contributed by atoms with Crippen LogP contribution in [0.2, 0.25) is 0 Å². The minimum absolute atomic E-state index is 0.00585. The number of alkyl halides is 1. The van der Waals surface area contributed by atoms with Crippen LogP contribution in [0, 0.1) is 34.5 Å². The van der Waals surface area contributed by atoms with Crippen molar-refractivity contribution in [1.29, 1.82) is 0 Å². The topological polar surface area (TPSA) is 60.4 Å². The minimum atomic E-state index is -1.37. The summed E-state index contributed by atoms with van der Waals surface area (Å²) in [7, 11) is 0. The number of hydrogen-bond donors (Lipinski definition) is 0. The van der Waals surface area contributed by atoms with Crippen LogP contribution in [-0.2, 0) is 19.1 Å². The van der Waals surface area contributed by atoms with Gasteiger partial charge in [-0.15, -0.1) is 0 Å². The van der Waals surface area contributed by atoms with Crippen molar-refractivity contribution >= 4 is 17.5 Å². The smallest absolute Gasteiger partial charge is 0.308 e. The van der Waals surface area contributed by atoms with Crippen molar-refractivity contribution in [2.24, 2.45) is 34.5 Å². The molecular weight excluding hydrogens is 359 g/mol. The van der Waals surface area contributed by atoms with Crippen LogP contribution in [0.25, 0.3) is 0 Å². The summed E-state index contributed by atoms with van der Waals surface area (Å²) in [4.78, 5) is 36.8. The van der Waals surface area contributed by atoms with Crippen molar-refractivity contribution in [3.05, 3.63) is 23.5 Å². The molecule has 4 rings (SSSR count). The zero-order valence-corrected chi connectivity index (χ0v) is 17.1. The molecule has 0 saturated heterocycles. The molecule has 0 aliphatic heterocycles. The van der Waals surface area contributed by atoms with Crippen LogP contribution in [-0.4, -0.2) is 23.7 Å². The van der Waals surface area contributed by atoms with Gasteiger partial charge in [0.2, 0.25) is 0 Å². The molecule has 0 spiro atoms. The lowest BCUT2D eigenvalue weighted by Gasteiger charge is -2.59. The number of hydrogen-bond acceptors (Lipinski definition) is 4. The summed E-state index contributed by atoms with van der Waals surface area (Å²) in [6, 6.07) is 0. The maximum Gasteiger partial charge on any atom is 0.308 e. The first kappa shape index (κ1) is 19.5. The number of halogens is 1. The largest absolute Gasteiger partial charge is 0.423 e. The molecule has 0 bridgehead atoms. The van der Waals surface area contributed by atoms with E-state index in [1.165, 1.54) is 6.92 Å². The Morgan fingerprint density at radius 3 is 2.50 bits per heavy atom. The van der Waals surface area contributed by atoms with Crippen molar-refractivity contribution in [1.82, 2.24) is 0 Å². The molecule has 28 heavy (non-hydrogen) atoms. The van der Waals surface area contributed by atoms with E-state index in [9.17, 15) is 18.8 Å². The first-order chi connectivity index (χ1) is 13.0. The third-order valence-corrected chi connectivity index (χ3v) is 8.47. The summed E-state index contributed by atoms with van der Waals surface area (Å²) >= 11 is 0. The molecule has 3 fully saturated rings. The Labute approximate surface area is 165 Å². The molecule has 0 radical (unpaired) electrons. The van der Waals surface area contributed by atoms with E-state index in [0.717, 1.165) is 17.6 Å². The predicted octanol–water partition coefficient (Wildman–Crippen LogP) is 4.34. The Morgan fingerprint density at radius 1 is 1.18 bits per heavy atom. The number of ketones is 2. The SMILES string of the molecule is C=C1C2=C(OC(C)=O)C(=O)CC[C@]2(C)[C@H]2CC[C@]3(C)C(=O)[C@H](F)C[C@H]3[C@@H]2[C@@H]1C. The lowest BCUT2D eigenvalue weighted by atomic mass is 9.44. The Morgan fingerprint density at radius 2 is 1.86 bits per heavy atom. The zero-order valence-electron chi connectivity index (χ0n) is 17.1. The summed E-state index contributed by atoms with van der Waals surface area (Å²) in [6.45, 7) is 11.8. The monoisotopic (exact) mass is 388 g/mol. The molecule has 0 aromatic carbocycles. The highest BCUT2D eigenvalue weighted by Gasteiger charge is 2.64. The highest BCUT2D eigenvalue weighted by atomic mass is 19.1. The summed E-state index contributed by atoms with van der Waals surface area (Å²) in [5.74, 6) is -0.346. The molecule has 0 heterocycles. The quantitative estimate of drug-likeness (QED) is 0.627. The van der Waals surface area contributed by atoms with Crippen LogP contribution < -0.4 is 0 Å². The summed E-state index contributed by atoms with van der Waals surface area (Å²) in [6.07, 6.45) is 1.42. The van der Waals surface area contributed by atoms with Gasteiger partial charge in [0.25, 0.3) is 0 Å². The molecule has 4 aliphatic rings. The van der Waals surface area contributed by atoms with Gasteiger partial charge in [0, 0.05) is 29.7 Å². The van der Waals surface area contributed by atoms with Gasteiger partial charge in [-0.1, -0.05) is 27.4 Å². The lowest BCUT2D eigenvalue weighted by molar-refractivity contribution is -0.143. The van der Waals surface area contributed by atoms with Gasteiger partial charge < -0.3 is 4.74 Å². The lowest BCUT2D eigenvalue weighted by Crippen LogP contribution is -2.54. The van der Waals surface area contributed by atoms with E-state index < -0.39 is 17.6 Å². The third-order valence-electron chi connectivity index (χ3n) is 8.47. The number of esters is 1. The molecule has 0 aromatic rings. The van der Waals surface area contributed by atoms with Crippen LogP contribution in [0.5, 0.6) is 0 Å². The molecule has 0 amide bonds. The van der Waals surface area contributed by atoms with E-state index in [0.29, 0.717) is 25.7 Å². The fourth-order valence-electron chi connectivity index (χ4n) is 7.00. The Bertz CT molecular complexity index is 826. The van der Waals surface area contributed by atoms with Crippen LogP contribution in [0.3, 0.4) is 0 Å². The number of Topliss-reactive ketones (excluding diaryl/α,β-unsaturated/α-hetero) is 2. The van der Waals surface area contributed by atoms with Crippen LogP contribution in [0.1, 0.15) is 59.8 Å². The van der Waals surface area contributed by atoms with Crippen LogP contribution >= 0.6 is 0 Å². The van der Waals surface area contributed by atoms with Gasteiger partial charge in [-0.25, -0.2) is 4.39 Å². The fourth-order valence-corrected chi connectivity index (χ4v) is 7.00. The van der Waals surface area contributed by atoms with E-state index in [-0.39, 0.29) is 46.4 Å². The van der Waals surface area contributed by atoms with Crippen molar-refractivity contribution in [3.63, 3.8) is 0 Å². The average molecular weight is 388 g/mol. The van der Waals surface area contributed by atoms with E-state index >= 15 is 0 Å². The molecule has 0 unspecified atom stereocenters. The van der Waals surface area contributed by atoms with Gasteiger partial charge in [-0.3, -0.25) is 14.4 Å². The molecule has 4 aliphatic carbocycles. The van der Waals surface area contributed by atoms with Gasteiger partial charge >= 0.3 is 5.97 Å². The van der Waals surface area contributed by atoms with Crippen LogP contribution in [0.4, 0.5) is 4.39 Å². The van der Waals surface area contributed by atoms with Crippen LogP contribution in [0.15, 0.2) is 23.5 Å². The molecule has 5 heteroatoms. The Hall–Kier alpha value is -1.78. The number of carbonyl (C=O) groups is 3. The predicted molar refractivity (Wildman–Crippen MR) is 102 cm³/mol. The van der Waals surface area contributed by atoms with Crippen molar-refractivity contribution in [2.45, 2.75) is 66.0 Å². The van der Waals surface area contributed by atoms with Gasteiger partial charge in [0.05, 0.1) is 0 Å². The standard InChI is InChI=1S/C23H29FO4/c1-11-12(2)19-20(28-13(3)25)17(26)7-9-22(19,4)14-6-8-23(5)15(18(11)14)10-16(24)21(23)27/h11,14-16,18H,2,6-10H2,1,3-5H3/t11-,14+,15+,16-,18-,22-,23+/m1/s1. The number of allylic oxidation sites excluding steroid dienone is 2. The van der Waals surface area contributed by atoms with Crippen molar-refractivity contribution in [2.75, 3.05) is 0 Å². The molecule has 4 nitrogen and oxygen atoms in total. The first-order valence-electron chi connectivity index (χ1n) is 10.4. The molecular formula is C23H29FO4. The van der Waals surface area contributed by atoms with Gasteiger partial charge in [-0.05, 0) is 54.9 Å². The van der Waals surface area contributed by atoms with E-state index in [1.54, 1.807) is 0 Å². The summed E-state index contributed by atoms with van der Waals surface area (Å²) < 4.78 is 19.8. The summed E-state index contributed by atoms with van der Waals surface area (Å²) in [5.41, 5.74) is 0.659. The molecule has 7 atom stereocenters. The number of ether oxygens (including phenoxy) is 1. The highest BCUT2D eigenvalue weighted by molar-refractivity contribution is 5.98. The average Bonchev–Trinajstić information content (AvgIpc) is 2.85. The second-order valence-electron chi connectivity index (χ2n) is 9.77. The zero-order chi connectivity index (χ0) is 20.6. The van der Waals surface area contributed by atoms with Crippen molar-refractivity contribution in [3.8, 4) is 0 Å². The van der Waals surface area contributed by atoms with Gasteiger partial charge in [0.1, 0.15) is 0 Å². The normalized spacial score (nSPS) is 45.5. The van der Waals surface area contributed by atoms with E-state index in [2.05, 4.69) is 20.4 Å². The maximum absolute atomic E-state index is 14.4. The summed E-state index contributed by atoms with van der Waals surface area (Å²) in [5, 5.41) is 0.